The highest BCUT2D eigenvalue weighted by molar-refractivity contribution is 5.79. The van der Waals surface area contributed by atoms with Crippen LogP contribution < -0.4 is 0 Å². The standard InChI is InChI=1S/C7H8O4.3C3H4O2/c1-3-4(8)2-5(9)7(11)6(3)10;3*1-2-3(4)5/h2,8-11H,1H3;3*2H,1H2,(H,4,5). The topological polar surface area (TPSA) is 193 Å². The Labute approximate surface area is 148 Å². The highest BCUT2D eigenvalue weighted by Gasteiger charge is 2.12. The van der Waals surface area contributed by atoms with E-state index in [0.717, 1.165) is 24.3 Å². The Morgan fingerprint density at radius 2 is 1.00 bits per heavy atom. The summed E-state index contributed by atoms with van der Waals surface area (Å²) >= 11 is 0. The fourth-order valence-electron chi connectivity index (χ4n) is 0.726. The lowest BCUT2D eigenvalue weighted by Gasteiger charge is -2.05. The molecule has 0 bridgehead atoms. The molecule has 10 heteroatoms. The molecule has 0 saturated carbocycles. The molecule has 7 N–H and O–H groups in total. The molecule has 0 aromatic heterocycles. The summed E-state index contributed by atoms with van der Waals surface area (Å²) in [6, 6.07) is 0.963. The summed E-state index contributed by atoms with van der Waals surface area (Å²) in [4.78, 5) is 27.8. The molecule has 26 heavy (non-hydrogen) atoms. The van der Waals surface area contributed by atoms with Gasteiger partial charge in [0.05, 0.1) is 0 Å². The first-order valence-electron chi connectivity index (χ1n) is 6.35. The van der Waals surface area contributed by atoms with E-state index in [-0.39, 0.29) is 11.3 Å². The van der Waals surface area contributed by atoms with Crippen molar-refractivity contribution >= 4 is 17.9 Å². The normalized spacial score (nSPS) is 7.88. The second-order valence-electron chi connectivity index (χ2n) is 3.86. The van der Waals surface area contributed by atoms with Gasteiger partial charge in [0.15, 0.2) is 11.5 Å². The van der Waals surface area contributed by atoms with Crippen molar-refractivity contribution in [2.45, 2.75) is 6.92 Å². The maximum atomic E-state index is 9.25. The number of carbonyl (C=O) groups is 3. The Bertz CT molecular complexity index is 592. The first kappa shape index (κ1) is 26.9. The van der Waals surface area contributed by atoms with Gasteiger partial charge in [-0.25, -0.2) is 14.4 Å². The number of aliphatic carboxylic acids is 3. The van der Waals surface area contributed by atoms with Crippen LogP contribution in [0, 0.1) is 6.92 Å². The number of benzene rings is 1. The van der Waals surface area contributed by atoms with Crippen LogP contribution in [0.2, 0.25) is 0 Å². The zero-order valence-corrected chi connectivity index (χ0v) is 13.8. The summed E-state index contributed by atoms with van der Waals surface area (Å²) in [6.45, 7) is 10.3. The van der Waals surface area contributed by atoms with Crippen molar-refractivity contribution in [1.29, 1.82) is 0 Å². The third kappa shape index (κ3) is 15.0. The summed E-state index contributed by atoms with van der Waals surface area (Å²) in [5.41, 5.74) is 0.139. The summed E-state index contributed by atoms with van der Waals surface area (Å²) in [6.07, 6.45) is 2.50. The first-order chi connectivity index (χ1) is 11.8. The van der Waals surface area contributed by atoms with E-state index in [1.54, 1.807) is 0 Å². The van der Waals surface area contributed by atoms with E-state index in [9.17, 15) is 14.4 Å². The maximum Gasteiger partial charge on any atom is 0.327 e. The molecule has 0 fully saturated rings. The lowest BCUT2D eigenvalue weighted by Crippen LogP contribution is -1.82. The van der Waals surface area contributed by atoms with E-state index in [4.69, 9.17) is 35.7 Å². The van der Waals surface area contributed by atoms with E-state index in [1.807, 2.05) is 0 Å². The minimum absolute atomic E-state index is 0.139. The summed E-state index contributed by atoms with van der Waals surface area (Å²) < 4.78 is 0. The van der Waals surface area contributed by atoms with E-state index in [2.05, 4.69) is 19.7 Å². The van der Waals surface area contributed by atoms with Crippen LogP contribution in [0.1, 0.15) is 5.56 Å². The molecule has 0 aliphatic rings. The molecule has 1 aromatic carbocycles. The van der Waals surface area contributed by atoms with Crippen LogP contribution in [-0.4, -0.2) is 53.7 Å². The van der Waals surface area contributed by atoms with E-state index in [0.29, 0.717) is 0 Å². The van der Waals surface area contributed by atoms with Crippen molar-refractivity contribution in [3.8, 4) is 23.0 Å². The van der Waals surface area contributed by atoms with Gasteiger partial charge in [-0.1, -0.05) is 19.7 Å². The van der Waals surface area contributed by atoms with Crippen molar-refractivity contribution in [3.63, 3.8) is 0 Å². The fraction of sp³-hybridized carbons (Fsp3) is 0.0625. The highest BCUT2D eigenvalue weighted by Crippen LogP contribution is 2.41. The largest absolute Gasteiger partial charge is 0.507 e. The van der Waals surface area contributed by atoms with Gasteiger partial charge in [-0.2, -0.15) is 0 Å². The molecule has 0 aliphatic heterocycles. The van der Waals surface area contributed by atoms with Gasteiger partial charge in [-0.05, 0) is 6.92 Å². The number of carboxylic acids is 3. The molecule has 144 valence electrons. The highest BCUT2D eigenvalue weighted by atomic mass is 16.4. The SMILES string of the molecule is C=CC(=O)O.C=CC(=O)O.C=CC(=O)O.Cc1c(O)cc(O)c(O)c1O. The summed E-state index contributed by atoms with van der Waals surface area (Å²) in [5, 5.41) is 58.5. The fourth-order valence-corrected chi connectivity index (χ4v) is 0.726. The van der Waals surface area contributed by atoms with Crippen molar-refractivity contribution in [2.75, 3.05) is 0 Å². The van der Waals surface area contributed by atoms with Gasteiger partial charge in [0.1, 0.15) is 5.75 Å². The van der Waals surface area contributed by atoms with E-state index >= 15 is 0 Å². The molecule has 1 rings (SSSR count). The van der Waals surface area contributed by atoms with Crippen LogP contribution in [0.3, 0.4) is 0 Å². The van der Waals surface area contributed by atoms with Crippen LogP contribution in [0.15, 0.2) is 44.0 Å². The second-order valence-corrected chi connectivity index (χ2v) is 3.86. The summed E-state index contributed by atoms with van der Waals surface area (Å²) in [5.74, 6) is -4.84. The molecular weight excluding hydrogens is 352 g/mol. The Hall–Kier alpha value is -3.95. The summed E-state index contributed by atoms with van der Waals surface area (Å²) in [7, 11) is 0. The maximum absolute atomic E-state index is 9.25. The zero-order valence-electron chi connectivity index (χ0n) is 13.8. The lowest BCUT2D eigenvalue weighted by atomic mass is 10.2. The number of hydrogen-bond donors (Lipinski definition) is 7. The number of carboxylic acid groups (broad SMARTS) is 3. The third-order valence-corrected chi connectivity index (χ3v) is 2.00. The monoisotopic (exact) mass is 372 g/mol. The minimum Gasteiger partial charge on any atom is -0.507 e. The van der Waals surface area contributed by atoms with Gasteiger partial charge in [0, 0.05) is 29.9 Å². The van der Waals surface area contributed by atoms with Gasteiger partial charge >= 0.3 is 17.9 Å². The predicted molar refractivity (Wildman–Crippen MR) is 91.3 cm³/mol. The van der Waals surface area contributed by atoms with E-state index < -0.39 is 35.2 Å². The van der Waals surface area contributed by atoms with Crippen molar-refractivity contribution in [1.82, 2.24) is 0 Å². The van der Waals surface area contributed by atoms with Crippen LogP contribution in [0.4, 0.5) is 0 Å². The van der Waals surface area contributed by atoms with Crippen LogP contribution in [0.5, 0.6) is 23.0 Å². The van der Waals surface area contributed by atoms with Crippen molar-refractivity contribution in [3.05, 3.63) is 49.6 Å². The van der Waals surface area contributed by atoms with Gasteiger partial charge in [0.25, 0.3) is 0 Å². The van der Waals surface area contributed by atoms with E-state index in [1.165, 1.54) is 6.92 Å². The molecule has 10 nitrogen and oxygen atoms in total. The third-order valence-electron chi connectivity index (χ3n) is 2.00. The van der Waals surface area contributed by atoms with Crippen LogP contribution in [-0.2, 0) is 14.4 Å². The molecule has 0 saturated heterocycles. The number of phenolic OH excluding ortho intramolecular Hbond substituents is 4. The van der Waals surface area contributed by atoms with Gasteiger partial charge in [-0.3, -0.25) is 0 Å². The predicted octanol–water partition coefficient (Wildman–Crippen LogP) is 1.59. The Morgan fingerprint density at radius 1 is 0.731 bits per heavy atom. The molecule has 0 atom stereocenters. The second kappa shape index (κ2) is 14.6. The minimum atomic E-state index is -0.981. The number of rotatable bonds is 3. The van der Waals surface area contributed by atoms with Gasteiger partial charge < -0.3 is 35.7 Å². The molecule has 0 aliphatic carbocycles. The van der Waals surface area contributed by atoms with Crippen LogP contribution in [0.25, 0.3) is 0 Å². The van der Waals surface area contributed by atoms with Gasteiger partial charge in [0.2, 0.25) is 5.75 Å². The van der Waals surface area contributed by atoms with Crippen LogP contribution >= 0.6 is 0 Å². The smallest absolute Gasteiger partial charge is 0.327 e. The molecule has 0 radical (unpaired) electrons. The van der Waals surface area contributed by atoms with Crippen molar-refractivity contribution < 1.29 is 50.1 Å². The Morgan fingerprint density at radius 3 is 1.23 bits per heavy atom. The number of hydrogen-bond acceptors (Lipinski definition) is 7. The van der Waals surface area contributed by atoms with Crippen molar-refractivity contribution in [2.24, 2.45) is 0 Å². The lowest BCUT2D eigenvalue weighted by molar-refractivity contribution is -0.132. The average Bonchev–Trinajstić information content (AvgIpc) is 2.59. The Kier molecular flexibility index (Phi) is 15.1. The van der Waals surface area contributed by atoms with Gasteiger partial charge in [-0.15, -0.1) is 0 Å². The first-order valence-corrected chi connectivity index (χ1v) is 6.35. The molecule has 0 amide bonds. The molecular formula is C16H20O10. The number of phenols is 4. The zero-order chi connectivity index (χ0) is 21.4. The average molecular weight is 372 g/mol. The quantitative estimate of drug-likeness (QED) is 0.233. The molecule has 0 heterocycles. The number of aromatic hydroxyl groups is 4. The molecule has 1 aromatic rings. The molecule has 0 unspecified atom stereocenters. The molecule has 0 spiro atoms. The Balaban J connectivity index is -0.000000300.